The third-order valence-corrected chi connectivity index (χ3v) is 2.80. The molecule has 0 radical (unpaired) electrons. The van der Waals surface area contributed by atoms with E-state index in [1.165, 1.54) is 6.92 Å². The average Bonchev–Trinajstić information content (AvgIpc) is 2.27. The van der Waals surface area contributed by atoms with Crippen LogP contribution in [0.25, 0.3) is 0 Å². The Labute approximate surface area is 108 Å². The van der Waals surface area contributed by atoms with Crippen molar-refractivity contribution < 1.29 is 15.0 Å². The van der Waals surface area contributed by atoms with Crippen molar-refractivity contribution in [2.45, 2.75) is 12.5 Å². The second-order valence-electron chi connectivity index (χ2n) is 3.84. The van der Waals surface area contributed by atoms with Crippen LogP contribution >= 0.6 is 22.6 Å². The van der Waals surface area contributed by atoms with Gasteiger partial charge < -0.3 is 15.5 Å². The first kappa shape index (κ1) is 13.4. The molecule has 16 heavy (non-hydrogen) atoms. The van der Waals surface area contributed by atoms with Crippen LogP contribution in [0.3, 0.4) is 0 Å². The minimum absolute atomic E-state index is 0.0221. The highest BCUT2D eigenvalue weighted by atomic mass is 127. The summed E-state index contributed by atoms with van der Waals surface area (Å²) in [7, 11) is 0. The normalized spacial score (nSPS) is 14.2. The maximum absolute atomic E-state index is 11.6. The lowest BCUT2D eigenvalue weighted by Gasteiger charge is -2.20. The van der Waals surface area contributed by atoms with E-state index in [-0.39, 0.29) is 19.1 Å². The number of rotatable bonds is 4. The molecule has 1 rings (SSSR count). The highest BCUT2D eigenvalue weighted by Crippen LogP contribution is 2.07. The fourth-order valence-electron chi connectivity index (χ4n) is 1.03. The molecule has 1 aromatic rings. The van der Waals surface area contributed by atoms with E-state index in [4.69, 9.17) is 5.11 Å². The van der Waals surface area contributed by atoms with Gasteiger partial charge in [0.1, 0.15) is 5.60 Å². The van der Waals surface area contributed by atoms with Gasteiger partial charge in [-0.25, -0.2) is 0 Å². The van der Waals surface area contributed by atoms with Crippen molar-refractivity contribution in [2.75, 3.05) is 13.2 Å². The quantitative estimate of drug-likeness (QED) is 0.712. The van der Waals surface area contributed by atoms with Gasteiger partial charge in [-0.15, -0.1) is 0 Å². The van der Waals surface area contributed by atoms with E-state index in [9.17, 15) is 9.90 Å². The van der Waals surface area contributed by atoms with Gasteiger partial charge in [-0.05, 0) is 53.8 Å². The van der Waals surface area contributed by atoms with Crippen LogP contribution in [0.4, 0.5) is 0 Å². The molecule has 1 aromatic carbocycles. The van der Waals surface area contributed by atoms with E-state index in [1.807, 2.05) is 12.1 Å². The van der Waals surface area contributed by atoms with Gasteiger partial charge in [-0.2, -0.15) is 0 Å². The zero-order valence-corrected chi connectivity index (χ0v) is 11.1. The van der Waals surface area contributed by atoms with Crippen LogP contribution < -0.4 is 5.32 Å². The number of halogens is 1. The molecule has 0 aliphatic heterocycles. The van der Waals surface area contributed by atoms with Crippen LogP contribution in [0.2, 0.25) is 0 Å². The fourth-order valence-corrected chi connectivity index (χ4v) is 1.39. The summed E-state index contributed by atoms with van der Waals surface area (Å²) >= 11 is 2.16. The minimum atomic E-state index is -1.28. The van der Waals surface area contributed by atoms with Gasteiger partial charge in [0.15, 0.2) is 0 Å². The van der Waals surface area contributed by atoms with Crippen molar-refractivity contribution in [3.05, 3.63) is 33.4 Å². The summed E-state index contributed by atoms with van der Waals surface area (Å²) in [6.07, 6.45) is 0. The number of hydrogen-bond acceptors (Lipinski definition) is 3. The van der Waals surface area contributed by atoms with Crippen LogP contribution in [0.5, 0.6) is 0 Å². The molecule has 5 heteroatoms. The first-order valence-electron chi connectivity index (χ1n) is 4.81. The number of aliphatic hydroxyl groups excluding tert-OH is 1. The number of benzene rings is 1. The Hall–Kier alpha value is -0.660. The third-order valence-electron chi connectivity index (χ3n) is 2.08. The number of amides is 1. The van der Waals surface area contributed by atoms with E-state index in [2.05, 4.69) is 27.9 Å². The average molecular weight is 335 g/mol. The van der Waals surface area contributed by atoms with E-state index in [1.54, 1.807) is 12.1 Å². The summed E-state index contributed by atoms with van der Waals surface area (Å²) in [5.41, 5.74) is -0.743. The van der Waals surface area contributed by atoms with Gasteiger partial charge in [0.2, 0.25) is 0 Å². The summed E-state index contributed by atoms with van der Waals surface area (Å²) in [5.74, 6) is -0.259. The molecule has 0 saturated heterocycles. The lowest BCUT2D eigenvalue weighted by Crippen LogP contribution is -2.43. The summed E-state index contributed by atoms with van der Waals surface area (Å²) in [6.45, 7) is 1.09. The molecule has 1 unspecified atom stereocenters. The van der Waals surface area contributed by atoms with Crippen LogP contribution in [-0.4, -0.2) is 34.9 Å². The molecule has 1 amide bonds. The van der Waals surface area contributed by atoms with E-state index < -0.39 is 5.60 Å². The molecule has 88 valence electrons. The SMILES string of the molecule is CC(O)(CO)CNC(=O)c1ccc(I)cc1. The predicted molar refractivity (Wildman–Crippen MR) is 69.2 cm³/mol. The molecule has 0 fully saturated rings. The summed E-state index contributed by atoms with van der Waals surface area (Å²) < 4.78 is 1.05. The highest BCUT2D eigenvalue weighted by Gasteiger charge is 2.19. The molecule has 3 N–H and O–H groups in total. The predicted octanol–water partition coefficient (Wildman–Crippen LogP) is 0.764. The Morgan fingerprint density at radius 2 is 2.00 bits per heavy atom. The molecule has 4 nitrogen and oxygen atoms in total. The number of nitrogens with one attached hydrogen (secondary N) is 1. The van der Waals surface area contributed by atoms with Gasteiger partial charge in [0.25, 0.3) is 5.91 Å². The van der Waals surface area contributed by atoms with Crippen molar-refractivity contribution in [3.63, 3.8) is 0 Å². The van der Waals surface area contributed by atoms with Gasteiger partial charge in [-0.1, -0.05) is 0 Å². The highest BCUT2D eigenvalue weighted by molar-refractivity contribution is 14.1. The summed E-state index contributed by atoms with van der Waals surface area (Å²) in [5, 5.41) is 20.9. The van der Waals surface area contributed by atoms with Gasteiger partial charge in [0, 0.05) is 15.7 Å². The third kappa shape index (κ3) is 4.07. The van der Waals surface area contributed by atoms with Gasteiger partial charge in [-0.3, -0.25) is 4.79 Å². The van der Waals surface area contributed by atoms with Crippen molar-refractivity contribution in [3.8, 4) is 0 Å². The Morgan fingerprint density at radius 3 is 2.50 bits per heavy atom. The second-order valence-corrected chi connectivity index (χ2v) is 5.09. The first-order valence-corrected chi connectivity index (χ1v) is 5.89. The molecule has 0 aliphatic rings. The zero-order valence-electron chi connectivity index (χ0n) is 8.90. The lowest BCUT2D eigenvalue weighted by atomic mass is 10.1. The van der Waals surface area contributed by atoms with E-state index >= 15 is 0 Å². The second kappa shape index (κ2) is 5.60. The van der Waals surface area contributed by atoms with E-state index in [0.717, 1.165) is 3.57 Å². The Bertz CT molecular complexity index is 362. The Kier molecular flexibility index (Phi) is 4.69. The number of carbonyl (C=O) groups is 1. The smallest absolute Gasteiger partial charge is 0.251 e. The Balaban J connectivity index is 2.56. The molecule has 0 spiro atoms. The monoisotopic (exact) mass is 335 g/mol. The minimum Gasteiger partial charge on any atom is -0.393 e. The Morgan fingerprint density at radius 1 is 1.44 bits per heavy atom. The summed E-state index contributed by atoms with van der Waals surface area (Å²) in [6, 6.07) is 7.09. The maximum atomic E-state index is 11.6. The number of carbonyl (C=O) groups excluding carboxylic acids is 1. The lowest BCUT2D eigenvalue weighted by molar-refractivity contribution is 0.00320. The fraction of sp³-hybridized carbons (Fsp3) is 0.364. The van der Waals surface area contributed by atoms with Crippen LogP contribution in [-0.2, 0) is 0 Å². The molecule has 0 aromatic heterocycles. The van der Waals surface area contributed by atoms with Crippen molar-refractivity contribution in [2.24, 2.45) is 0 Å². The molecule has 0 bridgehead atoms. The first-order chi connectivity index (χ1) is 7.44. The molecule has 0 heterocycles. The van der Waals surface area contributed by atoms with Gasteiger partial charge >= 0.3 is 0 Å². The zero-order chi connectivity index (χ0) is 12.2. The topological polar surface area (TPSA) is 69.6 Å². The van der Waals surface area contributed by atoms with Crippen LogP contribution in [0.15, 0.2) is 24.3 Å². The van der Waals surface area contributed by atoms with Crippen molar-refractivity contribution in [1.29, 1.82) is 0 Å². The largest absolute Gasteiger partial charge is 0.393 e. The molecular formula is C11H14INO3. The maximum Gasteiger partial charge on any atom is 0.251 e. The van der Waals surface area contributed by atoms with E-state index in [0.29, 0.717) is 5.56 Å². The van der Waals surface area contributed by atoms with Crippen LogP contribution in [0.1, 0.15) is 17.3 Å². The van der Waals surface area contributed by atoms with Crippen molar-refractivity contribution >= 4 is 28.5 Å². The molecule has 0 aliphatic carbocycles. The van der Waals surface area contributed by atoms with Crippen molar-refractivity contribution in [1.82, 2.24) is 5.32 Å². The number of hydrogen-bond donors (Lipinski definition) is 3. The molecule has 0 saturated carbocycles. The molecular weight excluding hydrogens is 321 g/mol. The molecule has 1 atom stereocenters. The van der Waals surface area contributed by atoms with Gasteiger partial charge in [0.05, 0.1) is 6.61 Å². The standard InChI is InChI=1S/C11H14INO3/c1-11(16,7-14)6-13-10(15)8-2-4-9(12)5-3-8/h2-5,14,16H,6-7H2,1H3,(H,13,15). The van der Waals surface area contributed by atoms with Crippen LogP contribution in [0, 0.1) is 3.57 Å². The summed E-state index contributed by atoms with van der Waals surface area (Å²) in [4.78, 5) is 11.6. The number of aliphatic hydroxyl groups is 2.